The second kappa shape index (κ2) is 6.24. The molecule has 0 saturated carbocycles. The lowest BCUT2D eigenvalue weighted by Crippen LogP contribution is -2.23. The van der Waals surface area contributed by atoms with Crippen molar-refractivity contribution in [3.05, 3.63) is 84.3 Å². The lowest BCUT2D eigenvalue weighted by atomic mass is 10.2. The number of hydrogen-bond acceptors (Lipinski definition) is 3. The number of amides is 1. The zero-order chi connectivity index (χ0) is 17.2. The summed E-state index contributed by atoms with van der Waals surface area (Å²) in [5.41, 5.74) is 4.21. The molecule has 0 bridgehead atoms. The van der Waals surface area contributed by atoms with Crippen LogP contribution in [0.1, 0.15) is 21.6 Å². The highest BCUT2D eigenvalue weighted by atomic mass is 16.1. The van der Waals surface area contributed by atoms with Crippen LogP contribution in [0, 0.1) is 6.92 Å². The number of carbonyl (C=O) groups excluding carboxylic acids is 1. The summed E-state index contributed by atoms with van der Waals surface area (Å²) >= 11 is 0. The summed E-state index contributed by atoms with van der Waals surface area (Å²) in [6.07, 6.45) is 11.1. The maximum absolute atomic E-state index is 12.4. The van der Waals surface area contributed by atoms with E-state index >= 15 is 0 Å². The molecule has 0 fully saturated rings. The van der Waals surface area contributed by atoms with Gasteiger partial charge < -0.3 is 14.3 Å². The van der Waals surface area contributed by atoms with Crippen LogP contribution in [0.4, 0.5) is 0 Å². The SMILES string of the molecule is Cc1ccc2nc(CNC(=O)c3cncc(-n4cccc4)c3)cn2c1. The molecule has 4 heterocycles. The van der Waals surface area contributed by atoms with Crippen LogP contribution in [0.25, 0.3) is 11.3 Å². The Morgan fingerprint density at radius 1 is 1.16 bits per heavy atom. The van der Waals surface area contributed by atoms with Crippen LogP contribution < -0.4 is 5.32 Å². The summed E-state index contributed by atoms with van der Waals surface area (Å²) in [4.78, 5) is 21.1. The number of nitrogens with zero attached hydrogens (tertiary/aromatic N) is 4. The Labute approximate surface area is 144 Å². The molecule has 0 aliphatic heterocycles. The normalized spacial score (nSPS) is 10.9. The zero-order valence-electron chi connectivity index (χ0n) is 13.8. The summed E-state index contributed by atoms with van der Waals surface area (Å²) < 4.78 is 3.87. The lowest BCUT2D eigenvalue weighted by molar-refractivity contribution is 0.0950. The molecule has 0 aliphatic carbocycles. The van der Waals surface area contributed by atoms with Gasteiger partial charge in [0.05, 0.1) is 29.7 Å². The van der Waals surface area contributed by atoms with Crippen LogP contribution in [0.3, 0.4) is 0 Å². The van der Waals surface area contributed by atoms with Crippen molar-refractivity contribution in [2.75, 3.05) is 0 Å². The van der Waals surface area contributed by atoms with E-state index in [1.54, 1.807) is 12.4 Å². The molecule has 0 saturated heterocycles. The number of aryl methyl sites for hydroxylation is 1. The van der Waals surface area contributed by atoms with Gasteiger partial charge in [-0.2, -0.15) is 0 Å². The molecule has 0 spiro atoms. The van der Waals surface area contributed by atoms with E-state index in [1.165, 1.54) is 0 Å². The fraction of sp³-hybridized carbons (Fsp3) is 0.105. The van der Waals surface area contributed by atoms with Crippen LogP contribution in [-0.2, 0) is 6.54 Å². The summed E-state index contributed by atoms with van der Waals surface area (Å²) in [7, 11) is 0. The minimum absolute atomic E-state index is 0.172. The third kappa shape index (κ3) is 3.14. The van der Waals surface area contributed by atoms with Crippen LogP contribution in [0.5, 0.6) is 0 Å². The molecular formula is C19H17N5O. The predicted molar refractivity (Wildman–Crippen MR) is 94.7 cm³/mol. The van der Waals surface area contributed by atoms with Gasteiger partial charge in [-0.3, -0.25) is 9.78 Å². The predicted octanol–water partition coefficient (Wildman–Crippen LogP) is 2.76. The minimum atomic E-state index is -0.172. The van der Waals surface area contributed by atoms with Gasteiger partial charge in [0.15, 0.2) is 0 Å². The number of nitrogens with one attached hydrogen (secondary N) is 1. The highest BCUT2D eigenvalue weighted by molar-refractivity contribution is 5.94. The van der Waals surface area contributed by atoms with Crippen LogP contribution in [0.15, 0.2) is 67.5 Å². The third-order valence-electron chi connectivity index (χ3n) is 3.97. The molecule has 4 aromatic heterocycles. The maximum atomic E-state index is 12.4. The molecule has 0 radical (unpaired) electrons. The Kier molecular flexibility index (Phi) is 3.78. The number of carbonyl (C=O) groups is 1. The van der Waals surface area contributed by atoms with Crippen LogP contribution in [0.2, 0.25) is 0 Å². The van der Waals surface area contributed by atoms with Crippen molar-refractivity contribution < 1.29 is 4.79 Å². The van der Waals surface area contributed by atoms with E-state index in [9.17, 15) is 4.79 Å². The first-order chi connectivity index (χ1) is 12.2. The van der Waals surface area contributed by atoms with E-state index in [4.69, 9.17) is 0 Å². The fourth-order valence-corrected chi connectivity index (χ4v) is 2.71. The molecule has 124 valence electrons. The summed E-state index contributed by atoms with van der Waals surface area (Å²) in [5, 5.41) is 2.90. The quantitative estimate of drug-likeness (QED) is 0.625. The van der Waals surface area contributed by atoms with Gasteiger partial charge in [-0.25, -0.2) is 4.98 Å². The Morgan fingerprint density at radius 2 is 2.00 bits per heavy atom. The van der Waals surface area contributed by atoms with Gasteiger partial charge in [0.25, 0.3) is 5.91 Å². The van der Waals surface area contributed by atoms with Crippen molar-refractivity contribution in [2.24, 2.45) is 0 Å². The van der Waals surface area contributed by atoms with Crippen molar-refractivity contribution in [3.8, 4) is 5.69 Å². The van der Waals surface area contributed by atoms with Gasteiger partial charge >= 0.3 is 0 Å². The highest BCUT2D eigenvalue weighted by Crippen LogP contribution is 2.10. The Hall–Kier alpha value is -3.41. The lowest BCUT2D eigenvalue weighted by Gasteiger charge is -2.06. The van der Waals surface area contributed by atoms with E-state index in [2.05, 4.69) is 15.3 Å². The van der Waals surface area contributed by atoms with Gasteiger partial charge in [-0.1, -0.05) is 6.07 Å². The van der Waals surface area contributed by atoms with Gasteiger partial charge in [-0.15, -0.1) is 0 Å². The number of hydrogen-bond donors (Lipinski definition) is 1. The molecule has 4 rings (SSSR count). The molecule has 6 heteroatoms. The first-order valence-electron chi connectivity index (χ1n) is 8.00. The zero-order valence-corrected chi connectivity index (χ0v) is 13.8. The minimum Gasteiger partial charge on any atom is -0.346 e. The van der Waals surface area contributed by atoms with E-state index in [-0.39, 0.29) is 5.91 Å². The Morgan fingerprint density at radius 3 is 2.84 bits per heavy atom. The van der Waals surface area contributed by atoms with Crippen molar-refractivity contribution >= 4 is 11.6 Å². The number of pyridine rings is 2. The van der Waals surface area contributed by atoms with Crippen molar-refractivity contribution in [3.63, 3.8) is 0 Å². The van der Waals surface area contributed by atoms with Crippen LogP contribution >= 0.6 is 0 Å². The number of aromatic nitrogens is 4. The molecule has 25 heavy (non-hydrogen) atoms. The summed E-state index contributed by atoms with van der Waals surface area (Å²) in [6.45, 7) is 2.40. The molecule has 0 unspecified atom stereocenters. The van der Waals surface area contributed by atoms with E-state index in [0.717, 1.165) is 22.6 Å². The standard InChI is InChI=1S/C19H17N5O/c1-14-4-5-18-22-16(13-24(18)12-14)10-21-19(25)15-8-17(11-20-9-15)23-6-2-3-7-23/h2-9,11-13H,10H2,1H3,(H,21,25). The second-order valence-corrected chi connectivity index (χ2v) is 5.91. The largest absolute Gasteiger partial charge is 0.346 e. The van der Waals surface area contributed by atoms with E-state index in [1.807, 2.05) is 71.0 Å². The first-order valence-corrected chi connectivity index (χ1v) is 8.00. The highest BCUT2D eigenvalue weighted by Gasteiger charge is 2.09. The van der Waals surface area contributed by atoms with Crippen molar-refractivity contribution in [1.82, 2.24) is 24.3 Å². The molecule has 0 atom stereocenters. The molecule has 4 aromatic rings. The topological polar surface area (TPSA) is 64.2 Å². The molecule has 0 aromatic carbocycles. The van der Waals surface area contributed by atoms with Gasteiger partial charge in [0, 0.05) is 31.0 Å². The molecule has 1 amide bonds. The average Bonchev–Trinajstić information content (AvgIpc) is 3.29. The Balaban J connectivity index is 1.49. The first kappa shape index (κ1) is 15.1. The second-order valence-electron chi connectivity index (χ2n) is 5.91. The van der Waals surface area contributed by atoms with Gasteiger partial charge in [0.2, 0.25) is 0 Å². The van der Waals surface area contributed by atoms with Gasteiger partial charge in [0.1, 0.15) is 5.65 Å². The van der Waals surface area contributed by atoms with E-state index < -0.39 is 0 Å². The van der Waals surface area contributed by atoms with Crippen molar-refractivity contribution in [2.45, 2.75) is 13.5 Å². The molecule has 6 nitrogen and oxygen atoms in total. The third-order valence-corrected chi connectivity index (χ3v) is 3.97. The maximum Gasteiger partial charge on any atom is 0.253 e. The number of fused-ring (bicyclic) bond motifs is 1. The van der Waals surface area contributed by atoms with Crippen LogP contribution in [-0.4, -0.2) is 24.8 Å². The van der Waals surface area contributed by atoms with Crippen molar-refractivity contribution in [1.29, 1.82) is 0 Å². The Bertz CT molecular complexity index is 1030. The molecular weight excluding hydrogens is 314 g/mol. The summed E-state index contributed by atoms with van der Waals surface area (Å²) in [6, 6.07) is 9.65. The van der Waals surface area contributed by atoms with E-state index in [0.29, 0.717) is 12.1 Å². The van der Waals surface area contributed by atoms with Gasteiger partial charge in [-0.05, 0) is 36.8 Å². The average molecular weight is 331 g/mol. The molecule has 1 N–H and O–H groups in total. The molecule has 0 aliphatic rings. The number of imidazole rings is 1. The fourth-order valence-electron chi connectivity index (χ4n) is 2.71. The monoisotopic (exact) mass is 331 g/mol. The smallest absolute Gasteiger partial charge is 0.253 e. The number of rotatable bonds is 4. The summed E-state index contributed by atoms with van der Waals surface area (Å²) in [5.74, 6) is -0.172.